The molecule has 0 aliphatic carbocycles. The molecule has 4 heteroatoms. The third kappa shape index (κ3) is 4.59. The summed E-state index contributed by atoms with van der Waals surface area (Å²) < 4.78 is 5.65. The van der Waals surface area contributed by atoms with Gasteiger partial charge in [0.2, 0.25) is 0 Å². The van der Waals surface area contributed by atoms with Crippen LogP contribution in [0.1, 0.15) is 19.3 Å². The maximum Gasteiger partial charge on any atom is 0.119 e. The van der Waals surface area contributed by atoms with E-state index in [4.69, 9.17) is 4.74 Å². The van der Waals surface area contributed by atoms with Crippen LogP contribution in [-0.2, 0) is 0 Å². The summed E-state index contributed by atoms with van der Waals surface area (Å²) in [5.74, 6) is 0.938. The SMILES string of the molecule is Br.OCC1CCCN1CCCOc1ccccc1. The summed E-state index contributed by atoms with van der Waals surface area (Å²) in [6.45, 7) is 3.19. The molecule has 1 saturated heterocycles. The molecule has 1 heterocycles. The van der Waals surface area contributed by atoms with Crippen LogP contribution in [-0.4, -0.2) is 42.4 Å². The van der Waals surface area contributed by atoms with Crippen molar-refractivity contribution in [1.29, 1.82) is 0 Å². The third-order valence-corrected chi connectivity index (χ3v) is 3.31. The molecule has 0 saturated carbocycles. The molecule has 1 fully saturated rings. The Morgan fingerprint density at radius 3 is 2.78 bits per heavy atom. The van der Waals surface area contributed by atoms with E-state index in [1.165, 1.54) is 6.42 Å². The molecular formula is C14H22BrNO2. The van der Waals surface area contributed by atoms with Crippen LogP contribution in [0, 0.1) is 0 Å². The Hall–Kier alpha value is -0.580. The van der Waals surface area contributed by atoms with Crippen molar-refractivity contribution in [3.05, 3.63) is 30.3 Å². The topological polar surface area (TPSA) is 32.7 Å². The number of rotatable bonds is 6. The van der Waals surface area contributed by atoms with Crippen LogP contribution in [0.4, 0.5) is 0 Å². The van der Waals surface area contributed by atoms with Gasteiger partial charge in [0, 0.05) is 12.6 Å². The first kappa shape index (κ1) is 15.5. The lowest BCUT2D eigenvalue weighted by molar-refractivity contribution is 0.150. The van der Waals surface area contributed by atoms with Crippen molar-refractivity contribution in [2.24, 2.45) is 0 Å². The Labute approximate surface area is 120 Å². The van der Waals surface area contributed by atoms with Gasteiger partial charge < -0.3 is 9.84 Å². The lowest BCUT2D eigenvalue weighted by atomic mass is 10.2. The number of likely N-dealkylation sites (tertiary alicyclic amines) is 1. The minimum absolute atomic E-state index is 0. The summed E-state index contributed by atoms with van der Waals surface area (Å²) >= 11 is 0. The maximum absolute atomic E-state index is 9.20. The second kappa shape index (κ2) is 8.51. The molecule has 1 unspecified atom stereocenters. The molecule has 2 rings (SSSR count). The van der Waals surface area contributed by atoms with E-state index in [0.717, 1.165) is 38.3 Å². The van der Waals surface area contributed by atoms with E-state index in [1.54, 1.807) is 0 Å². The van der Waals surface area contributed by atoms with Crippen LogP contribution >= 0.6 is 17.0 Å². The molecule has 0 spiro atoms. The highest BCUT2D eigenvalue weighted by Gasteiger charge is 2.22. The van der Waals surface area contributed by atoms with E-state index in [1.807, 2.05) is 30.3 Å². The predicted octanol–water partition coefficient (Wildman–Crippen LogP) is 2.49. The zero-order chi connectivity index (χ0) is 11.9. The van der Waals surface area contributed by atoms with Crippen LogP contribution in [0.5, 0.6) is 5.75 Å². The molecule has 18 heavy (non-hydrogen) atoms. The molecule has 3 nitrogen and oxygen atoms in total. The Balaban J connectivity index is 0.00000162. The van der Waals surface area contributed by atoms with Crippen LogP contribution < -0.4 is 4.74 Å². The molecule has 102 valence electrons. The normalized spacial score (nSPS) is 19.5. The Morgan fingerprint density at radius 2 is 2.06 bits per heavy atom. The van der Waals surface area contributed by atoms with Gasteiger partial charge in [0.1, 0.15) is 5.75 Å². The molecule has 0 bridgehead atoms. The summed E-state index contributed by atoms with van der Waals surface area (Å²) in [5.41, 5.74) is 0. The van der Waals surface area contributed by atoms with E-state index >= 15 is 0 Å². The van der Waals surface area contributed by atoms with Gasteiger partial charge in [-0.2, -0.15) is 0 Å². The monoisotopic (exact) mass is 315 g/mol. The maximum atomic E-state index is 9.20. The highest BCUT2D eigenvalue weighted by atomic mass is 79.9. The van der Waals surface area contributed by atoms with Gasteiger partial charge in [0.05, 0.1) is 13.2 Å². The van der Waals surface area contributed by atoms with Crippen LogP contribution in [0.15, 0.2) is 30.3 Å². The first-order valence-electron chi connectivity index (χ1n) is 6.43. The van der Waals surface area contributed by atoms with Gasteiger partial charge in [0.15, 0.2) is 0 Å². The largest absolute Gasteiger partial charge is 0.494 e. The third-order valence-electron chi connectivity index (χ3n) is 3.31. The van der Waals surface area contributed by atoms with Gasteiger partial charge in [-0.3, -0.25) is 4.90 Å². The fourth-order valence-electron chi connectivity index (χ4n) is 2.37. The van der Waals surface area contributed by atoms with Crippen molar-refractivity contribution in [2.75, 3.05) is 26.3 Å². The number of hydrogen-bond donors (Lipinski definition) is 1. The number of nitrogens with zero attached hydrogens (tertiary/aromatic N) is 1. The van der Waals surface area contributed by atoms with E-state index in [2.05, 4.69) is 4.90 Å². The molecule has 1 aromatic carbocycles. The minimum Gasteiger partial charge on any atom is -0.494 e. The zero-order valence-corrected chi connectivity index (χ0v) is 12.3. The molecule has 1 aromatic rings. The van der Waals surface area contributed by atoms with Crippen LogP contribution in [0.3, 0.4) is 0 Å². The fraction of sp³-hybridized carbons (Fsp3) is 0.571. The van der Waals surface area contributed by atoms with Crippen LogP contribution in [0.2, 0.25) is 0 Å². The molecule has 1 atom stereocenters. The van der Waals surface area contributed by atoms with Gasteiger partial charge in [0.25, 0.3) is 0 Å². The Morgan fingerprint density at radius 1 is 1.28 bits per heavy atom. The second-order valence-electron chi connectivity index (χ2n) is 4.53. The van der Waals surface area contributed by atoms with Crippen molar-refractivity contribution in [2.45, 2.75) is 25.3 Å². The molecule has 0 radical (unpaired) electrons. The predicted molar refractivity (Wildman–Crippen MR) is 78.6 cm³/mol. The standard InChI is InChI=1S/C14H21NO2.BrH/c16-12-13-6-4-9-15(13)10-5-11-17-14-7-2-1-3-8-14;/h1-3,7-8,13,16H,4-6,9-12H2;1H. The summed E-state index contributed by atoms with van der Waals surface area (Å²) in [4.78, 5) is 2.37. The average molecular weight is 316 g/mol. The van der Waals surface area contributed by atoms with E-state index in [0.29, 0.717) is 12.6 Å². The van der Waals surface area contributed by atoms with E-state index < -0.39 is 0 Å². The van der Waals surface area contributed by atoms with Gasteiger partial charge in [-0.25, -0.2) is 0 Å². The lowest BCUT2D eigenvalue weighted by Crippen LogP contribution is -2.33. The average Bonchev–Trinajstić information content (AvgIpc) is 2.83. The summed E-state index contributed by atoms with van der Waals surface area (Å²) in [6, 6.07) is 10.3. The van der Waals surface area contributed by atoms with Gasteiger partial charge >= 0.3 is 0 Å². The van der Waals surface area contributed by atoms with Gasteiger partial charge in [-0.05, 0) is 37.9 Å². The van der Waals surface area contributed by atoms with Crippen molar-refractivity contribution >= 4 is 17.0 Å². The first-order valence-corrected chi connectivity index (χ1v) is 6.43. The van der Waals surface area contributed by atoms with Crippen molar-refractivity contribution in [3.8, 4) is 5.75 Å². The number of halogens is 1. The minimum atomic E-state index is 0. The van der Waals surface area contributed by atoms with E-state index in [9.17, 15) is 5.11 Å². The molecule has 0 aromatic heterocycles. The zero-order valence-electron chi connectivity index (χ0n) is 10.6. The molecule has 1 aliphatic rings. The van der Waals surface area contributed by atoms with Gasteiger partial charge in [-0.15, -0.1) is 17.0 Å². The van der Waals surface area contributed by atoms with Gasteiger partial charge in [-0.1, -0.05) is 18.2 Å². The number of benzene rings is 1. The summed E-state index contributed by atoms with van der Waals surface area (Å²) in [5, 5.41) is 9.20. The highest BCUT2D eigenvalue weighted by molar-refractivity contribution is 8.93. The quantitative estimate of drug-likeness (QED) is 0.819. The Bertz CT molecular complexity index is 321. The number of aliphatic hydroxyl groups excluding tert-OH is 1. The smallest absolute Gasteiger partial charge is 0.119 e. The van der Waals surface area contributed by atoms with Crippen molar-refractivity contribution < 1.29 is 9.84 Å². The fourth-order valence-corrected chi connectivity index (χ4v) is 2.37. The number of para-hydroxylation sites is 1. The number of aliphatic hydroxyl groups is 1. The number of hydrogen-bond acceptors (Lipinski definition) is 3. The number of ether oxygens (including phenoxy) is 1. The molecule has 1 aliphatic heterocycles. The van der Waals surface area contributed by atoms with Crippen molar-refractivity contribution in [3.63, 3.8) is 0 Å². The Kier molecular flexibility index (Phi) is 7.32. The first-order chi connectivity index (χ1) is 8.40. The molecule has 0 amide bonds. The van der Waals surface area contributed by atoms with Crippen LogP contribution in [0.25, 0.3) is 0 Å². The summed E-state index contributed by atoms with van der Waals surface area (Å²) in [6.07, 6.45) is 3.37. The second-order valence-corrected chi connectivity index (χ2v) is 4.53. The van der Waals surface area contributed by atoms with E-state index in [-0.39, 0.29) is 17.0 Å². The molecule has 1 N–H and O–H groups in total. The van der Waals surface area contributed by atoms with Crippen molar-refractivity contribution in [1.82, 2.24) is 4.90 Å². The molecular weight excluding hydrogens is 294 g/mol. The highest BCUT2D eigenvalue weighted by Crippen LogP contribution is 2.16. The summed E-state index contributed by atoms with van der Waals surface area (Å²) in [7, 11) is 0. The lowest BCUT2D eigenvalue weighted by Gasteiger charge is -2.22.